The highest BCUT2D eigenvalue weighted by Crippen LogP contribution is 2.15. The number of nitrogens with zero attached hydrogens (tertiary/aromatic N) is 7. The first kappa shape index (κ1) is 8.39. The van der Waals surface area contributed by atoms with Gasteiger partial charge in [-0.2, -0.15) is 10.3 Å². The molecule has 0 aromatic carbocycles. The van der Waals surface area contributed by atoms with Crippen molar-refractivity contribution in [3.63, 3.8) is 0 Å². The first-order valence-electron chi connectivity index (χ1n) is 4.85. The number of rotatable bonds is 0. The number of aromatic amines is 1. The van der Waals surface area contributed by atoms with Crippen molar-refractivity contribution < 1.29 is 0 Å². The van der Waals surface area contributed by atoms with Crippen molar-refractivity contribution in [1.29, 1.82) is 0 Å². The largest absolute Gasteiger partial charge is 0.242 e. The van der Waals surface area contributed by atoms with E-state index >= 15 is 0 Å². The number of nitrogens with one attached hydrogen (secondary N) is 1. The van der Waals surface area contributed by atoms with E-state index in [1.165, 1.54) is 6.33 Å². The zero-order valence-electron chi connectivity index (χ0n) is 8.36. The van der Waals surface area contributed by atoms with Gasteiger partial charge < -0.3 is 0 Å². The summed E-state index contributed by atoms with van der Waals surface area (Å²) in [5, 5.41) is 10.4. The number of pyridine rings is 1. The van der Waals surface area contributed by atoms with Gasteiger partial charge in [0, 0.05) is 0 Å². The van der Waals surface area contributed by atoms with Gasteiger partial charge in [-0.05, 0) is 6.07 Å². The molecule has 0 atom stereocenters. The van der Waals surface area contributed by atoms with E-state index in [-0.39, 0.29) is 0 Å². The van der Waals surface area contributed by atoms with Gasteiger partial charge in [0.2, 0.25) is 5.65 Å². The normalized spacial score (nSPS) is 11.5. The molecule has 17 heavy (non-hydrogen) atoms. The number of H-pyrrole nitrogens is 1. The van der Waals surface area contributed by atoms with Crippen LogP contribution in [0.25, 0.3) is 33.5 Å². The highest BCUT2D eigenvalue weighted by atomic mass is 15.3. The van der Waals surface area contributed by atoms with E-state index in [4.69, 9.17) is 0 Å². The highest BCUT2D eigenvalue weighted by molar-refractivity contribution is 5.88. The van der Waals surface area contributed by atoms with Gasteiger partial charge >= 0.3 is 0 Å². The predicted octanol–water partition coefficient (Wildman–Crippen LogP) is 0.239. The van der Waals surface area contributed by atoms with Gasteiger partial charge in [0.15, 0.2) is 11.3 Å². The molecule has 4 heterocycles. The summed E-state index contributed by atoms with van der Waals surface area (Å²) < 4.78 is 0. The van der Waals surface area contributed by atoms with Crippen molar-refractivity contribution in [3.8, 4) is 0 Å². The molecule has 0 fully saturated rings. The maximum atomic E-state index is 4.35. The molecule has 4 rings (SSSR count). The lowest BCUT2D eigenvalue weighted by atomic mass is 10.3. The fraction of sp³-hybridized carbons (Fsp3) is 0. The third-order valence-electron chi connectivity index (χ3n) is 2.40. The summed E-state index contributed by atoms with van der Waals surface area (Å²) >= 11 is 0. The first-order chi connectivity index (χ1) is 8.40. The molecule has 0 aliphatic carbocycles. The Labute approximate surface area is 93.2 Å². The third-order valence-corrected chi connectivity index (χ3v) is 2.40. The summed E-state index contributed by atoms with van der Waals surface area (Å²) in [6.45, 7) is 0. The van der Waals surface area contributed by atoms with Gasteiger partial charge in [0.25, 0.3) is 0 Å². The summed E-state index contributed by atoms with van der Waals surface area (Å²) in [7, 11) is 0. The van der Waals surface area contributed by atoms with Crippen LogP contribution in [0.2, 0.25) is 0 Å². The molecule has 8 nitrogen and oxygen atoms in total. The van der Waals surface area contributed by atoms with E-state index < -0.39 is 0 Å². The van der Waals surface area contributed by atoms with Gasteiger partial charge in [-0.25, -0.2) is 24.9 Å². The second-order valence-corrected chi connectivity index (χ2v) is 3.45. The summed E-state index contributed by atoms with van der Waals surface area (Å²) in [6.07, 6.45) is 3.04. The Bertz CT molecular complexity index is 782. The van der Waals surface area contributed by atoms with Crippen LogP contribution in [0.5, 0.6) is 0 Å². The van der Waals surface area contributed by atoms with Crippen LogP contribution in [0.3, 0.4) is 0 Å². The fourth-order valence-corrected chi connectivity index (χ4v) is 1.64. The minimum absolute atomic E-state index is 0.508. The number of hydrogen-bond donors (Lipinski definition) is 1. The standard InChI is InChI=1S/C9H4N8/c1-4-8(14-9-5(1)15-17-16-9)13-6-2-10-3-11-7(6)12-4/h1-3H,(H,13,14,15,16,17). The zero-order valence-corrected chi connectivity index (χ0v) is 8.36. The van der Waals surface area contributed by atoms with E-state index in [0.29, 0.717) is 33.5 Å². The Morgan fingerprint density at radius 2 is 1.76 bits per heavy atom. The lowest BCUT2D eigenvalue weighted by Crippen LogP contribution is -1.93. The van der Waals surface area contributed by atoms with Crippen molar-refractivity contribution in [1.82, 2.24) is 40.3 Å². The average molecular weight is 224 g/mol. The molecule has 0 aliphatic rings. The van der Waals surface area contributed by atoms with Gasteiger partial charge in [0.05, 0.1) is 6.20 Å². The lowest BCUT2D eigenvalue weighted by molar-refractivity contribution is 0.955. The number of aromatic nitrogens is 8. The van der Waals surface area contributed by atoms with E-state index in [9.17, 15) is 0 Å². The SMILES string of the molecule is c1ncc2nc3nc4n[nH]nc4cc3nc2n1. The van der Waals surface area contributed by atoms with Crippen molar-refractivity contribution >= 4 is 33.5 Å². The molecule has 0 saturated carbocycles. The topological polar surface area (TPSA) is 106 Å². The molecule has 0 bridgehead atoms. The number of fused-ring (bicyclic) bond motifs is 3. The smallest absolute Gasteiger partial charge is 0.203 e. The molecule has 1 N–H and O–H groups in total. The van der Waals surface area contributed by atoms with Crippen LogP contribution >= 0.6 is 0 Å². The predicted molar refractivity (Wildman–Crippen MR) is 57.9 cm³/mol. The number of hydrogen-bond acceptors (Lipinski definition) is 7. The Hall–Kier alpha value is -2.77. The molecular weight excluding hydrogens is 220 g/mol. The Kier molecular flexibility index (Phi) is 1.42. The van der Waals surface area contributed by atoms with Crippen LogP contribution < -0.4 is 0 Å². The summed E-state index contributed by atoms with van der Waals surface area (Å²) in [6, 6.07) is 1.77. The minimum Gasteiger partial charge on any atom is -0.242 e. The van der Waals surface area contributed by atoms with Crippen molar-refractivity contribution in [2.45, 2.75) is 0 Å². The molecule has 8 heteroatoms. The van der Waals surface area contributed by atoms with Crippen LogP contribution in [-0.4, -0.2) is 40.3 Å². The van der Waals surface area contributed by atoms with Crippen LogP contribution in [0.4, 0.5) is 0 Å². The lowest BCUT2D eigenvalue weighted by Gasteiger charge is -1.97. The molecule has 0 unspecified atom stereocenters. The first-order valence-corrected chi connectivity index (χ1v) is 4.85. The van der Waals surface area contributed by atoms with Gasteiger partial charge in [-0.1, -0.05) is 0 Å². The van der Waals surface area contributed by atoms with Crippen LogP contribution in [-0.2, 0) is 0 Å². The van der Waals surface area contributed by atoms with Crippen molar-refractivity contribution in [2.75, 3.05) is 0 Å². The van der Waals surface area contributed by atoms with E-state index in [1.807, 2.05) is 0 Å². The molecule has 0 aliphatic heterocycles. The minimum atomic E-state index is 0.508. The van der Waals surface area contributed by atoms with E-state index in [0.717, 1.165) is 0 Å². The molecule has 80 valence electrons. The average Bonchev–Trinajstić information content (AvgIpc) is 2.80. The van der Waals surface area contributed by atoms with Gasteiger partial charge in [-0.3, -0.25) is 0 Å². The second-order valence-electron chi connectivity index (χ2n) is 3.45. The second kappa shape index (κ2) is 2.88. The summed E-state index contributed by atoms with van der Waals surface area (Å²) in [5.41, 5.74) is 3.46. The molecule has 0 amide bonds. The van der Waals surface area contributed by atoms with Gasteiger partial charge in [-0.15, -0.1) is 5.10 Å². The molecule has 0 radical (unpaired) electrons. The van der Waals surface area contributed by atoms with E-state index in [2.05, 4.69) is 40.3 Å². The highest BCUT2D eigenvalue weighted by Gasteiger charge is 2.07. The van der Waals surface area contributed by atoms with Crippen molar-refractivity contribution in [2.24, 2.45) is 0 Å². The zero-order chi connectivity index (χ0) is 11.2. The van der Waals surface area contributed by atoms with Crippen LogP contribution in [0.1, 0.15) is 0 Å². The summed E-state index contributed by atoms with van der Waals surface area (Å²) in [5.74, 6) is 0. The Balaban J connectivity index is 2.23. The Morgan fingerprint density at radius 1 is 0.824 bits per heavy atom. The van der Waals surface area contributed by atoms with Crippen LogP contribution in [0.15, 0.2) is 18.6 Å². The maximum absolute atomic E-state index is 4.35. The molecule has 0 saturated heterocycles. The maximum Gasteiger partial charge on any atom is 0.203 e. The molecule has 0 spiro atoms. The fourth-order valence-electron chi connectivity index (χ4n) is 1.64. The molecule has 4 aromatic heterocycles. The third kappa shape index (κ3) is 1.14. The van der Waals surface area contributed by atoms with Gasteiger partial charge in [0.1, 0.15) is 22.9 Å². The molecule has 4 aromatic rings. The Morgan fingerprint density at radius 3 is 2.76 bits per heavy atom. The monoisotopic (exact) mass is 224 g/mol. The quantitative estimate of drug-likeness (QED) is 0.426. The van der Waals surface area contributed by atoms with E-state index in [1.54, 1.807) is 12.3 Å². The summed E-state index contributed by atoms with van der Waals surface area (Å²) in [4.78, 5) is 20.9. The molecular formula is C9H4N8. The van der Waals surface area contributed by atoms with Crippen molar-refractivity contribution in [3.05, 3.63) is 18.6 Å². The van der Waals surface area contributed by atoms with Crippen LogP contribution in [0, 0.1) is 0 Å².